The molecule has 0 bridgehead atoms. The number of aromatic nitrogens is 2. The zero-order valence-electron chi connectivity index (χ0n) is 13.7. The molecule has 1 N–H and O–H groups in total. The number of benzene rings is 1. The molecule has 5 nitrogen and oxygen atoms in total. The van der Waals surface area contributed by atoms with Gasteiger partial charge in [0, 0.05) is 15.8 Å². The number of H-pyrrole nitrogens is 1. The van der Waals surface area contributed by atoms with Crippen LogP contribution in [-0.2, 0) is 0 Å². The molecule has 0 aliphatic rings. The molecule has 0 aliphatic carbocycles. The molecule has 26 heavy (non-hydrogen) atoms. The molecule has 0 unspecified atom stereocenters. The molecule has 0 fully saturated rings. The monoisotopic (exact) mass is 379 g/mol. The Labute approximate surface area is 157 Å². The first-order chi connectivity index (χ1) is 12.7. The maximum absolute atomic E-state index is 12.6. The van der Waals surface area contributed by atoms with Gasteiger partial charge in [0.25, 0.3) is 5.56 Å². The van der Waals surface area contributed by atoms with Crippen molar-refractivity contribution in [1.29, 1.82) is 5.26 Å². The van der Waals surface area contributed by atoms with E-state index in [1.54, 1.807) is 35.6 Å². The van der Waals surface area contributed by atoms with Gasteiger partial charge in [-0.25, -0.2) is 4.98 Å². The van der Waals surface area contributed by atoms with Gasteiger partial charge < -0.3 is 9.72 Å². The number of fused-ring (bicyclic) bond motifs is 1. The van der Waals surface area contributed by atoms with E-state index in [0.29, 0.717) is 27.4 Å². The summed E-state index contributed by atoms with van der Waals surface area (Å²) in [6, 6.07) is 12.9. The first-order valence-electron chi connectivity index (χ1n) is 7.88. The smallest absolute Gasteiger partial charge is 0.260 e. The molecule has 0 spiro atoms. The molecule has 1 aromatic carbocycles. The van der Waals surface area contributed by atoms with Crippen molar-refractivity contribution in [2.45, 2.75) is 13.0 Å². The van der Waals surface area contributed by atoms with E-state index in [1.165, 1.54) is 11.3 Å². The summed E-state index contributed by atoms with van der Waals surface area (Å²) in [4.78, 5) is 21.8. The topological polar surface area (TPSA) is 78.8 Å². The molecule has 0 aliphatic heterocycles. The predicted molar refractivity (Wildman–Crippen MR) is 104 cm³/mol. The van der Waals surface area contributed by atoms with Gasteiger partial charge in [-0.2, -0.15) is 5.26 Å². The molecule has 0 saturated heterocycles. The number of nitrogens with zero attached hydrogens (tertiary/aromatic N) is 2. The van der Waals surface area contributed by atoms with Crippen molar-refractivity contribution in [2.75, 3.05) is 0 Å². The quantitative estimate of drug-likeness (QED) is 0.556. The largest absolute Gasteiger partial charge is 0.483 e. The maximum atomic E-state index is 12.6. The van der Waals surface area contributed by atoms with Crippen molar-refractivity contribution >= 4 is 32.9 Å². The second-order valence-corrected chi connectivity index (χ2v) is 7.46. The third kappa shape index (κ3) is 3.01. The Kier molecular flexibility index (Phi) is 4.29. The lowest BCUT2D eigenvalue weighted by Gasteiger charge is -2.14. The number of hydrogen-bond donors (Lipinski definition) is 1. The van der Waals surface area contributed by atoms with Gasteiger partial charge in [-0.1, -0.05) is 6.07 Å². The Morgan fingerprint density at radius 1 is 1.23 bits per heavy atom. The van der Waals surface area contributed by atoms with E-state index in [1.807, 2.05) is 29.8 Å². The summed E-state index contributed by atoms with van der Waals surface area (Å²) in [6.07, 6.45) is -0.424. The van der Waals surface area contributed by atoms with E-state index in [4.69, 9.17) is 10.00 Å². The van der Waals surface area contributed by atoms with Crippen LogP contribution < -0.4 is 10.3 Å². The van der Waals surface area contributed by atoms with Gasteiger partial charge in [-0.3, -0.25) is 4.79 Å². The molecule has 4 aromatic rings. The Hall–Kier alpha value is -2.95. The standard InChI is InChI=1S/C19H13N3O2S2/c1-11(24-13-6-4-12(9-20)5-7-13)17-21-18(23)16-14(10-26-19(16)22-17)15-3-2-8-25-15/h2-8,10-11H,1H3,(H,21,22,23)/t11-/m0/s1. The molecule has 1 atom stereocenters. The molecule has 0 saturated carbocycles. The Morgan fingerprint density at radius 2 is 2.04 bits per heavy atom. The van der Waals surface area contributed by atoms with Gasteiger partial charge in [-0.15, -0.1) is 22.7 Å². The molecule has 3 aromatic heterocycles. The average Bonchev–Trinajstić information content (AvgIpc) is 3.31. The van der Waals surface area contributed by atoms with Gasteiger partial charge in [-0.05, 0) is 42.6 Å². The van der Waals surface area contributed by atoms with E-state index >= 15 is 0 Å². The van der Waals surface area contributed by atoms with E-state index in [0.717, 1.165) is 10.4 Å². The lowest BCUT2D eigenvalue weighted by Crippen LogP contribution is -2.16. The van der Waals surface area contributed by atoms with Crippen LogP contribution in [0.4, 0.5) is 0 Å². The highest BCUT2D eigenvalue weighted by Crippen LogP contribution is 2.34. The summed E-state index contributed by atoms with van der Waals surface area (Å²) < 4.78 is 5.85. The highest BCUT2D eigenvalue weighted by atomic mass is 32.1. The third-order valence-electron chi connectivity index (χ3n) is 3.93. The van der Waals surface area contributed by atoms with Crippen molar-refractivity contribution in [3.05, 3.63) is 68.9 Å². The summed E-state index contributed by atoms with van der Waals surface area (Å²) >= 11 is 3.05. The summed E-state index contributed by atoms with van der Waals surface area (Å²) in [5, 5.41) is 13.4. The van der Waals surface area contributed by atoms with E-state index in [9.17, 15) is 4.79 Å². The van der Waals surface area contributed by atoms with Gasteiger partial charge in [0.05, 0.1) is 17.0 Å². The highest BCUT2D eigenvalue weighted by molar-refractivity contribution is 7.18. The van der Waals surface area contributed by atoms with Crippen LogP contribution in [0.25, 0.3) is 20.7 Å². The van der Waals surface area contributed by atoms with Crippen LogP contribution in [0.15, 0.2) is 52.0 Å². The van der Waals surface area contributed by atoms with Crippen molar-refractivity contribution in [3.63, 3.8) is 0 Å². The Bertz CT molecular complexity index is 1150. The Morgan fingerprint density at radius 3 is 2.73 bits per heavy atom. The van der Waals surface area contributed by atoms with E-state index in [-0.39, 0.29) is 5.56 Å². The van der Waals surface area contributed by atoms with E-state index < -0.39 is 6.10 Å². The minimum atomic E-state index is -0.424. The average molecular weight is 379 g/mol. The van der Waals surface area contributed by atoms with Crippen LogP contribution in [0.3, 0.4) is 0 Å². The zero-order chi connectivity index (χ0) is 18.1. The first kappa shape index (κ1) is 16.5. The van der Waals surface area contributed by atoms with Gasteiger partial charge in [0.1, 0.15) is 10.6 Å². The second kappa shape index (κ2) is 6.75. The number of nitriles is 1. The summed E-state index contributed by atoms with van der Waals surface area (Å²) in [5.74, 6) is 1.09. The van der Waals surface area contributed by atoms with Crippen LogP contribution in [-0.4, -0.2) is 9.97 Å². The maximum Gasteiger partial charge on any atom is 0.260 e. The minimum Gasteiger partial charge on any atom is -0.483 e. The first-order valence-corrected chi connectivity index (χ1v) is 9.64. The molecular weight excluding hydrogens is 366 g/mol. The number of aromatic amines is 1. The molecular formula is C19H13N3O2S2. The van der Waals surface area contributed by atoms with Crippen molar-refractivity contribution in [3.8, 4) is 22.3 Å². The zero-order valence-corrected chi connectivity index (χ0v) is 15.4. The van der Waals surface area contributed by atoms with Crippen molar-refractivity contribution < 1.29 is 4.74 Å². The highest BCUT2D eigenvalue weighted by Gasteiger charge is 2.17. The number of thiophene rings is 2. The van der Waals surface area contributed by atoms with Crippen molar-refractivity contribution in [1.82, 2.24) is 9.97 Å². The van der Waals surface area contributed by atoms with Crippen LogP contribution in [0, 0.1) is 11.3 Å². The number of hydrogen-bond acceptors (Lipinski definition) is 6. The van der Waals surface area contributed by atoms with Crippen LogP contribution in [0.5, 0.6) is 5.75 Å². The van der Waals surface area contributed by atoms with Crippen molar-refractivity contribution in [2.24, 2.45) is 0 Å². The minimum absolute atomic E-state index is 0.162. The van der Waals surface area contributed by atoms with Crippen LogP contribution in [0.1, 0.15) is 24.4 Å². The molecule has 0 amide bonds. The summed E-state index contributed by atoms with van der Waals surface area (Å²) in [6.45, 7) is 1.83. The number of nitrogens with one attached hydrogen (secondary N) is 1. The fourth-order valence-corrected chi connectivity index (χ4v) is 4.41. The molecule has 4 rings (SSSR count). The second-order valence-electron chi connectivity index (χ2n) is 5.65. The van der Waals surface area contributed by atoms with Gasteiger partial charge in [0.15, 0.2) is 11.9 Å². The van der Waals surface area contributed by atoms with Gasteiger partial charge >= 0.3 is 0 Å². The molecule has 3 heterocycles. The molecule has 128 valence electrons. The molecule has 0 radical (unpaired) electrons. The fourth-order valence-electron chi connectivity index (χ4n) is 2.64. The Balaban J connectivity index is 1.66. The lowest BCUT2D eigenvalue weighted by atomic mass is 10.2. The third-order valence-corrected chi connectivity index (χ3v) is 5.71. The van der Waals surface area contributed by atoms with E-state index in [2.05, 4.69) is 16.0 Å². The normalized spacial score (nSPS) is 12.0. The fraction of sp³-hybridized carbons (Fsp3) is 0.105. The summed E-state index contributed by atoms with van der Waals surface area (Å²) in [5.41, 5.74) is 1.32. The lowest BCUT2D eigenvalue weighted by molar-refractivity contribution is 0.216. The van der Waals surface area contributed by atoms with Crippen LogP contribution in [0.2, 0.25) is 0 Å². The summed E-state index contributed by atoms with van der Waals surface area (Å²) in [7, 11) is 0. The predicted octanol–water partition coefficient (Wildman–Crippen LogP) is 4.72. The SMILES string of the molecule is C[C@H](Oc1ccc(C#N)cc1)c1nc2scc(-c3cccs3)c2c(=O)[nH]1. The van der Waals surface area contributed by atoms with Gasteiger partial charge in [0.2, 0.25) is 0 Å². The number of rotatable bonds is 4. The molecule has 7 heteroatoms. The van der Waals surface area contributed by atoms with Crippen LogP contribution >= 0.6 is 22.7 Å². The number of ether oxygens (including phenoxy) is 1.